The molecule has 0 spiro atoms. The van der Waals surface area contributed by atoms with Crippen LogP contribution in [-0.4, -0.2) is 34.9 Å². The zero-order valence-corrected chi connectivity index (χ0v) is 23.1. The number of rotatable bonds is 9. The molecule has 1 unspecified atom stereocenters. The van der Waals surface area contributed by atoms with Crippen LogP contribution in [0.15, 0.2) is 83.8 Å². The van der Waals surface area contributed by atoms with Crippen molar-refractivity contribution < 1.29 is 19.1 Å². The first kappa shape index (κ1) is 26.4. The SMILES string of the molecule is COc1ccc(N2Cc3ccc(CN4Cc5c[nH]c(=O)cc5C4=O)cc3C2=O)cc1OC(C)CCc1ccccc1. The second-order valence-electron chi connectivity index (χ2n) is 10.6. The van der Waals surface area contributed by atoms with E-state index in [2.05, 4.69) is 17.1 Å². The quantitative estimate of drug-likeness (QED) is 0.314. The minimum Gasteiger partial charge on any atom is -0.493 e. The molecule has 0 saturated heterocycles. The number of aromatic nitrogens is 1. The number of H-pyrrole nitrogens is 1. The minimum absolute atomic E-state index is 0.0500. The third-order valence-corrected chi connectivity index (χ3v) is 7.71. The van der Waals surface area contributed by atoms with Crippen LogP contribution in [0.25, 0.3) is 0 Å². The molecule has 3 heterocycles. The van der Waals surface area contributed by atoms with Crippen LogP contribution in [0.3, 0.4) is 0 Å². The third-order valence-electron chi connectivity index (χ3n) is 7.71. The van der Waals surface area contributed by atoms with E-state index < -0.39 is 0 Å². The second-order valence-corrected chi connectivity index (χ2v) is 10.6. The van der Waals surface area contributed by atoms with Gasteiger partial charge in [0.2, 0.25) is 5.56 Å². The Morgan fingerprint density at radius 1 is 0.829 bits per heavy atom. The van der Waals surface area contributed by atoms with Crippen LogP contribution in [0, 0.1) is 0 Å². The Hall–Kier alpha value is -4.85. The summed E-state index contributed by atoms with van der Waals surface area (Å²) in [7, 11) is 1.61. The number of nitrogens with zero attached hydrogens (tertiary/aromatic N) is 2. The van der Waals surface area contributed by atoms with Crippen molar-refractivity contribution in [2.45, 2.75) is 45.5 Å². The molecule has 0 fully saturated rings. The summed E-state index contributed by atoms with van der Waals surface area (Å²) in [4.78, 5) is 44.1. The molecule has 2 amide bonds. The van der Waals surface area contributed by atoms with Gasteiger partial charge in [0.25, 0.3) is 11.8 Å². The van der Waals surface area contributed by atoms with Crippen molar-refractivity contribution in [2.24, 2.45) is 0 Å². The zero-order valence-electron chi connectivity index (χ0n) is 23.1. The number of benzene rings is 3. The molecule has 0 aliphatic carbocycles. The number of pyridine rings is 1. The molecule has 0 radical (unpaired) electrons. The van der Waals surface area contributed by atoms with Crippen LogP contribution in [0.5, 0.6) is 11.5 Å². The van der Waals surface area contributed by atoms with Crippen molar-refractivity contribution in [1.29, 1.82) is 0 Å². The van der Waals surface area contributed by atoms with Crippen molar-refractivity contribution in [3.05, 3.63) is 123 Å². The number of hydrogen-bond donors (Lipinski definition) is 1. The van der Waals surface area contributed by atoms with Gasteiger partial charge in [-0.05, 0) is 54.7 Å². The first-order chi connectivity index (χ1) is 19.9. The van der Waals surface area contributed by atoms with Crippen LogP contribution in [-0.2, 0) is 26.1 Å². The van der Waals surface area contributed by atoms with Gasteiger partial charge in [-0.2, -0.15) is 0 Å². The van der Waals surface area contributed by atoms with Crippen LogP contribution in [0.1, 0.15) is 56.3 Å². The number of carbonyl (C=O) groups is 2. The highest BCUT2D eigenvalue weighted by atomic mass is 16.5. The van der Waals surface area contributed by atoms with Crippen LogP contribution < -0.4 is 19.9 Å². The second kappa shape index (κ2) is 11.0. The minimum atomic E-state index is -0.295. The molecule has 4 aromatic rings. The van der Waals surface area contributed by atoms with Crippen molar-refractivity contribution in [2.75, 3.05) is 12.0 Å². The summed E-state index contributed by atoms with van der Waals surface area (Å²) < 4.78 is 11.8. The Balaban J connectivity index is 1.16. The van der Waals surface area contributed by atoms with Crippen LogP contribution >= 0.6 is 0 Å². The smallest absolute Gasteiger partial charge is 0.258 e. The number of aromatic amines is 1. The molecule has 1 atom stereocenters. The van der Waals surface area contributed by atoms with E-state index in [0.29, 0.717) is 42.3 Å². The summed E-state index contributed by atoms with van der Waals surface area (Å²) in [6, 6.07) is 23.0. The maximum atomic E-state index is 13.5. The Morgan fingerprint density at radius 2 is 1.63 bits per heavy atom. The number of carbonyl (C=O) groups excluding carboxylic acids is 2. The van der Waals surface area contributed by atoms with Crippen molar-refractivity contribution in [3.63, 3.8) is 0 Å². The summed E-state index contributed by atoms with van der Waals surface area (Å²) in [6.45, 7) is 3.25. The topological polar surface area (TPSA) is 91.9 Å². The average molecular weight is 550 g/mol. The molecule has 1 N–H and O–H groups in total. The van der Waals surface area contributed by atoms with E-state index >= 15 is 0 Å². The van der Waals surface area contributed by atoms with Gasteiger partial charge < -0.3 is 24.3 Å². The van der Waals surface area contributed by atoms with Gasteiger partial charge in [-0.3, -0.25) is 14.4 Å². The maximum Gasteiger partial charge on any atom is 0.258 e. The number of ether oxygens (including phenoxy) is 2. The fourth-order valence-electron chi connectivity index (χ4n) is 5.50. The van der Waals surface area contributed by atoms with Crippen LogP contribution in [0.4, 0.5) is 5.69 Å². The van der Waals surface area contributed by atoms with Gasteiger partial charge in [-0.15, -0.1) is 0 Å². The molecule has 2 aliphatic heterocycles. The van der Waals surface area contributed by atoms with E-state index in [1.54, 1.807) is 23.1 Å². The largest absolute Gasteiger partial charge is 0.493 e. The standard InChI is InChI=1S/C33H31N3O5/c1-21(8-9-22-6-4-3-5-7-22)41-30-15-26(12-13-29(30)40-2)36-20-24-11-10-23(14-27(24)33(36)39)18-35-19-25-17-34-31(37)16-28(25)32(35)38/h3-7,10-17,21H,8-9,18-20H2,1-2H3,(H,34,37). The average Bonchev–Trinajstić information content (AvgIpc) is 3.48. The lowest BCUT2D eigenvalue weighted by Crippen LogP contribution is -2.24. The number of methoxy groups -OCH3 is 1. The summed E-state index contributed by atoms with van der Waals surface area (Å²) in [5, 5.41) is 0. The lowest BCUT2D eigenvalue weighted by Gasteiger charge is -2.21. The van der Waals surface area contributed by atoms with Gasteiger partial charge in [0.05, 0.1) is 25.3 Å². The first-order valence-electron chi connectivity index (χ1n) is 13.7. The van der Waals surface area contributed by atoms with Gasteiger partial charge in [0.15, 0.2) is 11.5 Å². The number of nitrogens with one attached hydrogen (secondary N) is 1. The Kier molecular flexibility index (Phi) is 7.05. The Labute approximate surface area is 238 Å². The van der Waals surface area contributed by atoms with E-state index in [9.17, 15) is 14.4 Å². The predicted octanol–water partition coefficient (Wildman–Crippen LogP) is 5.10. The van der Waals surface area contributed by atoms with Crippen LogP contribution in [0.2, 0.25) is 0 Å². The highest BCUT2D eigenvalue weighted by Gasteiger charge is 2.31. The van der Waals surface area contributed by atoms with Gasteiger partial charge >= 0.3 is 0 Å². The van der Waals surface area contributed by atoms with Crippen molar-refractivity contribution in [1.82, 2.24) is 9.88 Å². The summed E-state index contributed by atoms with van der Waals surface area (Å²) in [5.41, 5.74) is 5.33. The molecular formula is C33H31N3O5. The molecule has 1 aromatic heterocycles. The van der Waals surface area contributed by atoms with Crippen molar-refractivity contribution >= 4 is 17.5 Å². The summed E-state index contributed by atoms with van der Waals surface area (Å²) in [6.07, 6.45) is 3.29. The van der Waals surface area contributed by atoms with E-state index in [0.717, 1.165) is 35.2 Å². The molecule has 0 saturated carbocycles. The highest BCUT2D eigenvalue weighted by Crippen LogP contribution is 2.37. The molecule has 6 rings (SSSR count). The normalized spacial score (nSPS) is 14.7. The number of anilines is 1. The highest BCUT2D eigenvalue weighted by molar-refractivity contribution is 6.10. The van der Waals surface area contributed by atoms with Gasteiger partial charge in [0.1, 0.15) is 0 Å². The summed E-state index contributed by atoms with van der Waals surface area (Å²) in [5.74, 6) is 0.936. The molecule has 8 nitrogen and oxygen atoms in total. The molecule has 3 aromatic carbocycles. The fourth-order valence-corrected chi connectivity index (χ4v) is 5.50. The van der Waals surface area contributed by atoms with E-state index in [1.807, 2.05) is 61.5 Å². The fraction of sp³-hybridized carbons (Fsp3) is 0.242. The van der Waals surface area contributed by atoms with Crippen molar-refractivity contribution in [3.8, 4) is 11.5 Å². The first-order valence-corrected chi connectivity index (χ1v) is 13.7. The molecule has 0 bridgehead atoms. The van der Waals surface area contributed by atoms with E-state index in [1.165, 1.54) is 11.6 Å². The number of amides is 2. The van der Waals surface area contributed by atoms with Gasteiger partial charge in [-0.1, -0.05) is 42.5 Å². The third kappa shape index (κ3) is 5.33. The number of fused-ring (bicyclic) bond motifs is 2. The van der Waals surface area contributed by atoms with E-state index in [-0.39, 0.29) is 23.5 Å². The zero-order chi connectivity index (χ0) is 28.5. The molecule has 8 heteroatoms. The Bertz CT molecular complexity index is 1680. The predicted molar refractivity (Wildman–Crippen MR) is 155 cm³/mol. The van der Waals surface area contributed by atoms with Gasteiger partial charge in [0, 0.05) is 48.2 Å². The molecule has 41 heavy (non-hydrogen) atoms. The van der Waals surface area contributed by atoms with E-state index in [4.69, 9.17) is 9.47 Å². The van der Waals surface area contributed by atoms with Gasteiger partial charge in [-0.25, -0.2) is 0 Å². The molecule has 2 aliphatic rings. The maximum absolute atomic E-state index is 13.5. The monoisotopic (exact) mass is 549 g/mol. The summed E-state index contributed by atoms with van der Waals surface area (Å²) >= 11 is 0. The molecule has 208 valence electrons. The number of aryl methyl sites for hydroxylation is 1. The lowest BCUT2D eigenvalue weighted by atomic mass is 10.1. The lowest BCUT2D eigenvalue weighted by molar-refractivity contribution is 0.0766. The Morgan fingerprint density at radius 3 is 2.44 bits per heavy atom. The number of hydrogen-bond acceptors (Lipinski definition) is 5. The molecular weight excluding hydrogens is 518 g/mol.